The molecule has 1 aromatic carbocycles. The predicted molar refractivity (Wildman–Crippen MR) is 104 cm³/mol. The van der Waals surface area contributed by atoms with Gasteiger partial charge < -0.3 is 14.4 Å². The number of amides is 1. The number of benzene rings is 1. The number of carbonyl (C=O) groups is 2. The lowest BCUT2D eigenvalue weighted by atomic mass is 9.76. The number of piperidine rings is 2. The Kier molecular flexibility index (Phi) is 5.96. The van der Waals surface area contributed by atoms with Crippen molar-refractivity contribution in [3.8, 4) is 5.75 Å². The zero-order chi connectivity index (χ0) is 20.5. The van der Waals surface area contributed by atoms with Gasteiger partial charge in [-0.25, -0.2) is 9.18 Å². The Balaban J connectivity index is 1.76. The highest BCUT2D eigenvalue weighted by molar-refractivity contribution is 5.98. The lowest BCUT2D eigenvalue weighted by Crippen LogP contribution is -2.56. The second-order valence-corrected chi connectivity index (χ2v) is 8.77. The van der Waals surface area contributed by atoms with Crippen molar-refractivity contribution in [3.05, 3.63) is 29.6 Å². The van der Waals surface area contributed by atoms with E-state index < -0.39 is 11.4 Å². The van der Waals surface area contributed by atoms with Crippen molar-refractivity contribution < 1.29 is 23.5 Å². The molecule has 5 nitrogen and oxygen atoms in total. The summed E-state index contributed by atoms with van der Waals surface area (Å²) in [4.78, 5) is 27.6. The summed E-state index contributed by atoms with van der Waals surface area (Å²) in [6.07, 6.45) is 3.67. The van der Waals surface area contributed by atoms with Crippen molar-refractivity contribution >= 4 is 11.9 Å². The van der Waals surface area contributed by atoms with Crippen LogP contribution in [0.2, 0.25) is 0 Å². The maximum absolute atomic E-state index is 13.9. The molecule has 2 heterocycles. The molecular weight excluding hydrogens is 361 g/mol. The lowest BCUT2D eigenvalue weighted by Gasteiger charge is -2.48. The molecule has 3 rings (SSSR count). The van der Waals surface area contributed by atoms with Crippen molar-refractivity contribution in [1.82, 2.24) is 4.90 Å². The number of Topliss-reactive ketones (excluding diaryl/α,β-unsaturated/α-hetero) is 1. The second kappa shape index (κ2) is 8.10. The van der Waals surface area contributed by atoms with E-state index in [0.29, 0.717) is 30.8 Å². The third kappa shape index (κ3) is 4.65. The molecule has 2 unspecified atom stereocenters. The number of ether oxygens (including phenoxy) is 2. The topological polar surface area (TPSA) is 55.8 Å². The Morgan fingerprint density at radius 1 is 1.14 bits per heavy atom. The van der Waals surface area contributed by atoms with E-state index in [0.717, 1.165) is 19.3 Å². The molecule has 28 heavy (non-hydrogen) atoms. The third-order valence-corrected chi connectivity index (χ3v) is 5.42. The molecule has 2 aliphatic rings. The smallest absolute Gasteiger partial charge is 0.410 e. The number of nitrogens with zero attached hydrogens (tertiary/aromatic N) is 1. The van der Waals surface area contributed by atoms with Crippen LogP contribution in [0, 0.1) is 11.7 Å². The Hall–Kier alpha value is -2.11. The molecule has 2 atom stereocenters. The number of ketones is 1. The minimum absolute atomic E-state index is 0.00350. The monoisotopic (exact) mass is 391 g/mol. The van der Waals surface area contributed by atoms with Gasteiger partial charge in [0.1, 0.15) is 17.2 Å². The van der Waals surface area contributed by atoms with Crippen molar-refractivity contribution in [2.45, 2.75) is 77.5 Å². The number of rotatable bonds is 4. The van der Waals surface area contributed by atoms with Gasteiger partial charge >= 0.3 is 6.09 Å². The van der Waals surface area contributed by atoms with Crippen molar-refractivity contribution in [2.75, 3.05) is 6.61 Å². The molecule has 0 N–H and O–H groups in total. The maximum Gasteiger partial charge on any atom is 0.410 e. The van der Waals surface area contributed by atoms with Crippen LogP contribution >= 0.6 is 0 Å². The van der Waals surface area contributed by atoms with Crippen LogP contribution in [0.5, 0.6) is 5.75 Å². The molecule has 1 aromatic rings. The summed E-state index contributed by atoms with van der Waals surface area (Å²) in [5.74, 6) is -0.385. The van der Waals surface area contributed by atoms with E-state index in [1.807, 2.05) is 32.6 Å². The Morgan fingerprint density at radius 2 is 1.79 bits per heavy atom. The maximum atomic E-state index is 13.9. The summed E-state index contributed by atoms with van der Waals surface area (Å²) < 4.78 is 24.9. The van der Waals surface area contributed by atoms with E-state index in [1.54, 1.807) is 6.07 Å². The Labute approximate surface area is 166 Å². The van der Waals surface area contributed by atoms with Crippen molar-refractivity contribution in [2.24, 2.45) is 5.92 Å². The van der Waals surface area contributed by atoms with Gasteiger partial charge in [0.2, 0.25) is 0 Å². The summed E-state index contributed by atoms with van der Waals surface area (Å²) in [5.41, 5.74) is -0.202. The molecule has 0 aliphatic carbocycles. The first-order valence-corrected chi connectivity index (χ1v) is 10.2. The second-order valence-electron chi connectivity index (χ2n) is 8.77. The van der Waals surface area contributed by atoms with Crippen LogP contribution in [0.3, 0.4) is 0 Å². The molecular formula is C22H30FNO4. The highest BCUT2D eigenvalue weighted by Crippen LogP contribution is 2.39. The first-order chi connectivity index (χ1) is 13.2. The highest BCUT2D eigenvalue weighted by Gasteiger charge is 2.44. The van der Waals surface area contributed by atoms with Crippen LogP contribution in [-0.4, -0.2) is 41.1 Å². The van der Waals surface area contributed by atoms with Gasteiger partial charge in [-0.1, -0.05) is 0 Å². The number of hydrogen-bond acceptors (Lipinski definition) is 4. The summed E-state index contributed by atoms with van der Waals surface area (Å²) in [7, 11) is 0. The summed E-state index contributed by atoms with van der Waals surface area (Å²) >= 11 is 0. The molecule has 2 fully saturated rings. The van der Waals surface area contributed by atoms with E-state index in [2.05, 4.69) is 0 Å². The third-order valence-electron chi connectivity index (χ3n) is 5.42. The van der Waals surface area contributed by atoms with Crippen LogP contribution in [0.25, 0.3) is 0 Å². The molecule has 154 valence electrons. The first-order valence-electron chi connectivity index (χ1n) is 10.2. The molecule has 2 aliphatic heterocycles. The fraction of sp³-hybridized carbons (Fsp3) is 0.636. The van der Waals surface area contributed by atoms with Crippen LogP contribution in [0.15, 0.2) is 18.2 Å². The molecule has 2 bridgehead atoms. The van der Waals surface area contributed by atoms with Crippen LogP contribution in [0.4, 0.5) is 9.18 Å². The van der Waals surface area contributed by atoms with Gasteiger partial charge in [0, 0.05) is 29.6 Å². The van der Waals surface area contributed by atoms with Crippen LogP contribution in [-0.2, 0) is 4.74 Å². The van der Waals surface area contributed by atoms with Crippen LogP contribution < -0.4 is 4.74 Å². The normalized spacial score (nSPS) is 24.6. The quantitative estimate of drug-likeness (QED) is 0.680. The summed E-state index contributed by atoms with van der Waals surface area (Å²) in [5, 5.41) is 0. The highest BCUT2D eigenvalue weighted by atomic mass is 19.1. The van der Waals surface area contributed by atoms with Crippen molar-refractivity contribution in [1.29, 1.82) is 0 Å². The van der Waals surface area contributed by atoms with E-state index in [9.17, 15) is 14.0 Å². The zero-order valence-corrected chi connectivity index (χ0v) is 17.2. The van der Waals surface area contributed by atoms with E-state index >= 15 is 0 Å². The van der Waals surface area contributed by atoms with Gasteiger partial charge in [-0.05, 0) is 71.9 Å². The molecule has 6 heteroatoms. The lowest BCUT2D eigenvalue weighted by molar-refractivity contribution is -0.0260. The van der Waals surface area contributed by atoms with Gasteiger partial charge in [-0.15, -0.1) is 0 Å². The Morgan fingerprint density at radius 3 is 2.36 bits per heavy atom. The van der Waals surface area contributed by atoms with E-state index in [-0.39, 0.29) is 29.9 Å². The molecule has 0 aromatic heterocycles. The molecule has 1 amide bonds. The molecule has 0 saturated carbocycles. The van der Waals surface area contributed by atoms with Gasteiger partial charge in [-0.2, -0.15) is 0 Å². The number of fused-ring (bicyclic) bond motifs is 2. The number of halogens is 1. The molecule has 0 radical (unpaired) electrons. The standard InChI is InChI=1S/C22H30FNO4/c1-5-27-19-12-14(9-16(23)13-19)20(25)15-10-17-7-6-8-18(11-15)24(17)21(26)28-22(2,3)4/h9,12-13,15,17-18H,5-8,10-11H2,1-4H3. The zero-order valence-electron chi connectivity index (χ0n) is 17.2. The fourth-order valence-corrected chi connectivity index (χ4v) is 4.40. The SMILES string of the molecule is CCOc1cc(F)cc(C(=O)C2CC3CCCC(C2)N3C(=O)OC(C)(C)C)c1. The summed E-state index contributed by atoms with van der Waals surface area (Å²) in [6.45, 7) is 7.81. The minimum Gasteiger partial charge on any atom is -0.494 e. The number of hydrogen-bond donors (Lipinski definition) is 0. The molecule has 2 saturated heterocycles. The molecule has 0 spiro atoms. The number of carbonyl (C=O) groups excluding carboxylic acids is 2. The van der Waals surface area contributed by atoms with Crippen LogP contribution in [0.1, 0.15) is 70.2 Å². The van der Waals surface area contributed by atoms with E-state index in [4.69, 9.17) is 9.47 Å². The largest absolute Gasteiger partial charge is 0.494 e. The van der Waals surface area contributed by atoms with Gasteiger partial charge in [0.15, 0.2) is 5.78 Å². The fourth-order valence-electron chi connectivity index (χ4n) is 4.40. The predicted octanol–water partition coefficient (Wildman–Crippen LogP) is 4.98. The first kappa shape index (κ1) is 20.6. The minimum atomic E-state index is -0.546. The average Bonchev–Trinajstić information content (AvgIpc) is 2.58. The van der Waals surface area contributed by atoms with Crippen molar-refractivity contribution in [3.63, 3.8) is 0 Å². The van der Waals surface area contributed by atoms with Gasteiger partial charge in [0.05, 0.1) is 6.61 Å². The Bertz CT molecular complexity index is 729. The van der Waals surface area contributed by atoms with Gasteiger partial charge in [0.25, 0.3) is 0 Å². The summed E-state index contributed by atoms with van der Waals surface area (Å²) in [6, 6.07) is 4.18. The van der Waals surface area contributed by atoms with E-state index in [1.165, 1.54) is 12.1 Å². The average molecular weight is 391 g/mol. The van der Waals surface area contributed by atoms with Gasteiger partial charge in [-0.3, -0.25) is 4.79 Å².